The molecule has 1 aromatic carbocycles. The molecule has 1 aliphatic rings. The zero-order chi connectivity index (χ0) is 15.0. The van der Waals surface area contributed by atoms with Crippen LogP contribution in [0, 0.1) is 6.92 Å². The smallest absolute Gasteiger partial charge is 0.400 e. The average Bonchev–Trinajstić information content (AvgIpc) is 2.57. The summed E-state index contributed by atoms with van der Waals surface area (Å²) in [6.45, 7) is 10.7. The molecule has 1 heterocycles. The minimum absolute atomic E-state index is 0.334. The van der Waals surface area contributed by atoms with Crippen LogP contribution < -0.4 is 5.73 Å². The molecule has 20 heavy (non-hydrogen) atoms. The Hall–Kier alpha value is -1.10. The van der Waals surface area contributed by atoms with Gasteiger partial charge in [0.05, 0.1) is 11.2 Å². The Balaban J connectivity index is 2.24. The summed E-state index contributed by atoms with van der Waals surface area (Å²) in [7, 11) is -0.369. The van der Waals surface area contributed by atoms with E-state index in [4.69, 9.17) is 15.0 Å². The van der Waals surface area contributed by atoms with Crippen LogP contribution in [0.1, 0.15) is 38.8 Å². The van der Waals surface area contributed by atoms with Gasteiger partial charge < -0.3 is 15.0 Å². The highest BCUT2D eigenvalue weighted by molar-refractivity contribution is 6.55. The molecule has 108 valence electrons. The van der Waals surface area contributed by atoms with Crippen molar-refractivity contribution in [1.29, 1.82) is 0 Å². The van der Waals surface area contributed by atoms with Gasteiger partial charge in [-0.2, -0.15) is 0 Å². The second kappa shape index (κ2) is 5.36. The highest BCUT2D eigenvalue weighted by Gasteiger charge is 2.52. The van der Waals surface area contributed by atoms with Crippen LogP contribution in [0.5, 0.6) is 0 Å². The molecule has 0 bridgehead atoms. The van der Waals surface area contributed by atoms with E-state index in [1.807, 2.05) is 27.7 Å². The maximum Gasteiger partial charge on any atom is 0.491 e. The number of rotatable bonds is 3. The highest BCUT2D eigenvalue weighted by Crippen LogP contribution is 2.38. The Bertz CT molecular complexity index is 490. The fourth-order valence-electron chi connectivity index (χ4n) is 2.09. The lowest BCUT2D eigenvalue weighted by molar-refractivity contribution is 0.00578. The average molecular weight is 273 g/mol. The van der Waals surface area contributed by atoms with Crippen molar-refractivity contribution < 1.29 is 9.31 Å². The maximum absolute atomic E-state index is 6.04. The van der Waals surface area contributed by atoms with E-state index in [-0.39, 0.29) is 18.3 Å². The third-order valence-electron chi connectivity index (χ3n) is 4.22. The second-order valence-corrected chi connectivity index (χ2v) is 6.42. The van der Waals surface area contributed by atoms with Gasteiger partial charge >= 0.3 is 7.12 Å². The summed E-state index contributed by atoms with van der Waals surface area (Å²) < 4.78 is 12.1. The predicted octanol–water partition coefficient (Wildman–Crippen LogP) is 2.97. The summed E-state index contributed by atoms with van der Waals surface area (Å²) >= 11 is 0. The van der Waals surface area contributed by atoms with Gasteiger partial charge in [0, 0.05) is 6.54 Å². The number of hydrogen-bond donors (Lipinski definition) is 1. The van der Waals surface area contributed by atoms with E-state index in [0.29, 0.717) is 6.54 Å². The molecule has 0 aliphatic carbocycles. The van der Waals surface area contributed by atoms with E-state index >= 15 is 0 Å². The highest BCUT2D eigenvalue weighted by atomic mass is 16.7. The molecule has 0 amide bonds. The SMILES string of the molecule is Cc1ccc(C=C(CN)B2OC(C)(C)C(C)(C)O2)cc1. The molecule has 2 rings (SSSR count). The van der Waals surface area contributed by atoms with Crippen LogP contribution in [0.3, 0.4) is 0 Å². The Morgan fingerprint density at radius 3 is 2.05 bits per heavy atom. The molecule has 2 N–H and O–H groups in total. The van der Waals surface area contributed by atoms with Crippen molar-refractivity contribution in [1.82, 2.24) is 0 Å². The van der Waals surface area contributed by atoms with Crippen LogP contribution >= 0.6 is 0 Å². The van der Waals surface area contributed by atoms with Crippen molar-refractivity contribution >= 4 is 13.2 Å². The van der Waals surface area contributed by atoms with Gasteiger partial charge in [-0.1, -0.05) is 35.9 Å². The van der Waals surface area contributed by atoms with Crippen molar-refractivity contribution in [3.05, 3.63) is 40.9 Å². The van der Waals surface area contributed by atoms with Gasteiger partial charge in [0.1, 0.15) is 0 Å². The molecule has 1 fully saturated rings. The summed E-state index contributed by atoms with van der Waals surface area (Å²) in [6.07, 6.45) is 2.06. The molecule has 0 unspecified atom stereocenters. The molecule has 0 aromatic heterocycles. The van der Waals surface area contributed by atoms with E-state index in [1.54, 1.807) is 0 Å². The minimum atomic E-state index is -0.369. The van der Waals surface area contributed by atoms with Crippen molar-refractivity contribution in [2.75, 3.05) is 6.54 Å². The lowest BCUT2D eigenvalue weighted by Crippen LogP contribution is -2.41. The van der Waals surface area contributed by atoms with Crippen molar-refractivity contribution in [2.45, 2.75) is 45.8 Å². The standard InChI is InChI=1S/C16H24BNO2/c1-12-6-8-13(9-7-12)10-14(11-18)17-19-15(2,3)16(4,5)20-17/h6-10H,11,18H2,1-5H3. The Morgan fingerprint density at radius 2 is 1.60 bits per heavy atom. The van der Waals surface area contributed by atoms with E-state index in [2.05, 4.69) is 37.3 Å². The topological polar surface area (TPSA) is 44.5 Å². The Labute approximate surface area is 122 Å². The molecule has 0 spiro atoms. The van der Waals surface area contributed by atoms with Gasteiger partial charge in [0.2, 0.25) is 0 Å². The van der Waals surface area contributed by atoms with E-state index in [9.17, 15) is 0 Å². The number of benzene rings is 1. The monoisotopic (exact) mass is 273 g/mol. The first-order valence-corrected chi connectivity index (χ1v) is 7.08. The van der Waals surface area contributed by atoms with E-state index in [0.717, 1.165) is 11.0 Å². The molecule has 3 nitrogen and oxygen atoms in total. The van der Waals surface area contributed by atoms with Crippen molar-refractivity contribution in [3.63, 3.8) is 0 Å². The zero-order valence-electron chi connectivity index (χ0n) is 13.1. The van der Waals surface area contributed by atoms with Crippen molar-refractivity contribution in [2.24, 2.45) is 5.73 Å². The fourth-order valence-corrected chi connectivity index (χ4v) is 2.09. The van der Waals surface area contributed by atoms with Crippen LogP contribution in [-0.4, -0.2) is 24.9 Å². The number of nitrogens with two attached hydrogens (primary N) is 1. The normalized spacial score (nSPS) is 21.3. The third kappa shape index (κ3) is 2.98. The molecule has 1 saturated heterocycles. The van der Waals surface area contributed by atoms with Gasteiger partial charge in [-0.25, -0.2) is 0 Å². The summed E-state index contributed by atoms with van der Waals surface area (Å²) in [5, 5.41) is 0. The molecule has 4 heteroatoms. The molecule has 0 saturated carbocycles. The first-order chi connectivity index (χ1) is 9.25. The molecule has 1 aliphatic heterocycles. The Morgan fingerprint density at radius 1 is 1.10 bits per heavy atom. The van der Waals surface area contributed by atoms with Gasteiger partial charge in [-0.15, -0.1) is 0 Å². The van der Waals surface area contributed by atoms with E-state index < -0.39 is 0 Å². The first-order valence-electron chi connectivity index (χ1n) is 7.08. The maximum atomic E-state index is 6.04. The van der Waals surface area contributed by atoms with Crippen molar-refractivity contribution in [3.8, 4) is 0 Å². The third-order valence-corrected chi connectivity index (χ3v) is 4.22. The number of hydrogen-bond acceptors (Lipinski definition) is 3. The fraction of sp³-hybridized carbons (Fsp3) is 0.500. The lowest BCUT2D eigenvalue weighted by atomic mass is 9.77. The summed E-state index contributed by atoms with van der Waals surface area (Å²) in [5.41, 5.74) is 8.54. The van der Waals surface area contributed by atoms with Gasteiger partial charge in [-0.3, -0.25) is 0 Å². The number of aryl methyl sites for hydroxylation is 1. The summed E-state index contributed by atoms with van der Waals surface area (Å²) in [5.74, 6) is 0. The van der Waals surface area contributed by atoms with Crippen LogP contribution in [0.4, 0.5) is 0 Å². The molecular weight excluding hydrogens is 249 g/mol. The van der Waals surface area contributed by atoms with Gasteiger partial charge in [-0.05, 0) is 45.7 Å². The van der Waals surface area contributed by atoms with Crippen LogP contribution in [0.25, 0.3) is 6.08 Å². The largest absolute Gasteiger partial charge is 0.491 e. The molecule has 1 aromatic rings. The lowest BCUT2D eigenvalue weighted by Gasteiger charge is -2.32. The van der Waals surface area contributed by atoms with Gasteiger partial charge in [0.25, 0.3) is 0 Å². The van der Waals surface area contributed by atoms with Crippen LogP contribution in [-0.2, 0) is 9.31 Å². The van der Waals surface area contributed by atoms with Crippen LogP contribution in [0.15, 0.2) is 29.7 Å². The second-order valence-electron chi connectivity index (χ2n) is 6.42. The quantitative estimate of drug-likeness (QED) is 0.861. The predicted molar refractivity (Wildman–Crippen MR) is 84.3 cm³/mol. The Kier molecular flexibility index (Phi) is 4.10. The zero-order valence-corrected chi connectivity index (χ0v) is 13.1. The van der Waals surface area contributed by atoms with E-state index in [1.165, 1.54) is 5.56 Å². The van der Waals surface area contributed by atoms with Gasteiger partial charge in [0.15, 0.2) is 0 Å². The summed E-state index contributed by atoms with van der Waals surface area (Å²) in [6, 6.07) is 8.33. The first kappa shape index (κ1) is 15.3. The molecule has 0 radical (unpaired) electrons. The summed E-state index contributed by atoms with van der Waals surface area (Å²) in [4.78, 5) is 0. The molecular formula is C16H24BNO2. The molecule has 0 atom stereocenters. The minimum Gasteiger partial charge on any atom is -0.400 e. The van der Waals surface area contributed by atoms with Crippen LogP contribution in [0.2, 0.25) is 0 Å².